The highest BCUT2D eigenvalue weighted by atomic mass is 16.6. The zero-order valence-electron chi connectivity index (χ0n) is 15.3. The van der Waals surface area contributed by atoms with Crippen LogP contribution in [0.4, 0.5) is 0 Å². The number of rotatable bonds is 5. The maximum Gasteiger partial charge on any atom is 0.161 e. The van der Waals surface area contributed by atoms with Gasteiger partial charge in [-0.15, -0.1) is 0 Å². The summed E-state index contributed by atoms with van der Waals surface area (Å²) < 4.78 is 23.0. The number of nitrogens with one attached hydrogen (secondary N) is 1. The quantitative estimate of drug-likeness (QED) is 0.890. The fraction of sp³-hybridized carbons (Fsp3) is 0.429. The van der Waals surface area contributed by atoms with E-state index in [2.05, 4.69) is 29.6 Å². The first-order valence-electron chi connectivity index (χ1n) is 9.35. The summed E-state index contributed by atoms with van der Waals surface area (Å²) in [5.74, 6) is 3.27. The molecular weight excluding hydrogens is 330 g/mol. The van der Waals surface area contributed by atoms with Gasteiger partial charge in [-0.05, 0) is 61.2 Å². The molecule has 5 heteroatoms. The second-order valence-electron chi connectivity index (χ2n) is 6.40. The van der Waals surface area contributed by atoms with Crippen molar-refractivity contribution in [1.82, 2.24) is 5.32 Å². The molecule has 0 fully saturated rings. The second-order valence-corrected chi connectivity index (χ2v) is 6.40. The summed E-state index contributed by atoms with van der Waals surface area (Å²) in [5, 5.41) is 3.63. The van der Waals surface area contributed by atoms with Crippen molar-refractivity contribution in [2.75, 3.05) is 33.0 Å². The molecule has 1 atom stereocenters. The third kappa shape index (κ3) is 3.19. The summed E-state index contributed by atoms with van der Waals surface area (Å²) in [7, 11) is 0. The molecule has 0 radical (unpaired) electrons. The van der Waals surface area contributed by atoms with Crippen molar-refractivity contribution in [2.24, 2.45) is 0 Å². The fourth-order valence-corrected chi connectivity index (χ4v) is 3.64. The Morgan fingerprint density at radius 1 is 0.962 bits per heavy atom. The SMILES string of the molecule is CCOc1cc2c(cc1OCC)C(c1ccc3c(c1)OCCO3)NCC2. The maximum absolute atomic E-state index is 5.83. The van der Waals surface area contributed by atoms with Crippen LogP contribution in [0.5, 0.6) is 23.0 Å². The monoisotopic (exact) mass is 355 g/mol. The number of benzene rings is 2. The van der Waals surface area contributed by atoms with Crippen LogP contribution in [0.25, 0.3) is 0 Å². The Morgan fingerprint density at radius 2 is 1.69 bits per heavy atom. The topological polar surface area (TPSA) is 49.0 Å². The molecule has 26 heavy (non-hydrogen) atoms. The van der Waals surface area contributed by atoms with Gasteiger partial charge >= 0.3 is 0 Å². The van der Waals surface area contributed by atoms with Crippen LogP contribution in [0.3, 0.4) is 0 Å². The van der Waals surface area contributed by atoms with E-state index >= 15 is 0 Å². The highest BCUT2D eigenvalue weighted by molar-refractivity contribution is 5.53. The molecule has 0 aromatic heterocycles. The highest BCUT2D eigenvalue weighted by Crippen LogP contribution is 2.40. The first-order valence-corrected chi connectivity index (χ1v) is 9.35. The van der Waals surface area contributed by atoms with E-state index in [0.29, 0.717) is 26.4 Å². The second kappa shape index (κ2) is 7.46. The summed E-state index contributed by atoms with van der Waals surface area (Å²) in [4.78, 5) is 0. The number of hydrogen-bond donors (Lipinski definition) is 1. The molecule has 4 rings (SSSR count). The summed E-state index contributed by atoms with van der Waals surface area (Å²) in [6, 6.07) is 10.5. The van der Waals surface area contributed by atoms with Crippen LogP contribution >= 0.6 is 0 Å². The first kappa shape index (κ1) is 17.0. The van der Waals surface area contributed by atoms with E-state index in [9.17, 15) is 0 Å². The van der Waals surface area contributed by atoms with Crippen LogP contribution in [0.15, 0.2) is 30.3 Å². The molecule has 0 aliphatic carbocycles. The van der Waals surface area contributed by atoms with Gasteiger partial charge in [0.2, 0.25) is 0 Å². The molecule has 2 aromatic carbocycles. The number of ether oxygens (including phenoxy) is 4. The van der Waals surface area contributed by atoms with Gasteiger partial charge in [-0.3, -0.25) is 0 Å². The van der Waals surface area contributed by atoms with Gasteiger partial charge in [-0.2, -0.15) is 0 Å². The van der Waals surface area contributed by atoms with Crippen LogP contribution in [0, 0.1) is 0 Å². The first-order chi connectivity index (χ1) is 12.8. The lowest BCUT2D eigenvalue weighted by Crippen LogP contribution is -2.31. The van der Waals surface area contributed by atoms with Crippen LogP contribution in [0.2, 0.25) is 0 Å². The Kier molecular flexibility index (Phi) is 4.89. The van der Waals surface area contributed by atoms with Crippen molar-refractivity contribution in [1.29, 1.82) is 0 Å². The minimum Gasteiger partial charge on any atom is -0.490 e. The molecule has 5 nitrogen and oxygen atoms in total. The third-order valence-electron chi connectivity index (χ3n) is 4.76. The summed E-state index contributed by atoms with van der Waals surface area (Å²) in [6.45, 7) is 7.35. The average Bonchev–Trinajstić information content (AvgIpc) is 2.68. The van der Waals surface area contributed by atoms with Gasteiger partial charge in [-0.1, -0.05) is 6.07 Å². The van der Waals surface area contributed by atoms with Gasteiger partial charge in [0.25, 0.3) is 0 Å². The van der Waals surface area contributed by atoms with Gasteiger partial charge in [-0.25, -0.2) is 0 Å². The molecule has 2 heterocycles. The molecule has 1 unspecified atom stereocenters. The molecule has 2 aromatic rings. The van der Waals surface area contributed by atoms with E-state index in [1.54, 1.807) is 0 Å². The number of hydrogen-bond acceptors (Lipinski definition) is 5. The molecule has 0 spiro atoms. The average molecular weight is 355 g/mol. The van der Waals surface area contributed by atoms with Crippen molar-refractivity contribution in [2.45, 2.75) is 26.3 Å². The van der Waals surface area contributed by atoms with Gasteiger partial charge in [0.05, 0.1) is 19.3 Å². The summed E-state index contributed by atoms with van der Waals surface area (Å²) in [6.07, 6.45) is 0.975. The Morgan fingerprint density at radius 3 is 2.46 bits per heavy atom. The standard InChI is InChI=1S/C21H25NO4/c1-3-23-19-11-14-7-8-22-21(16(14)13-20(19)24-4-2)15-5-6-17-18(12-15)26-10-9-25-17/h5-6,11-13,21-22H,3-4,7-10H2,1-2H3. The smallest absolute Gasteiger partial charge is 0.161 e. The molecule has 138 valence electrons. The Balaban J connectivity index is 1.73. The Hall–Kier alpha value is -2.40. The predicted octanol–water partition coefficient (Wildman–Crippen LogP) is 3.49. The third-order valence-corrected chi connectivity index (χ3v) is 4.76. The molecule has 1 N–H and O–H groups in total. The van der Waals surface area contributed by atoms with E-state index in [-0.39, 0.29) is 6.04 Å². The predicted molar refractivity (Wildman–Crippen MR) is 99.8 cm³/mol. The van der Waals surface area contributed by atoms with Crippen LogP contribution in [-0.4, -0.2) is 33.0 Å². The van der Waals surface area contributed by atoms with Gasteiger partial charge in [0.1, 0.15) is 13.2 Å². The Bertz CT molecular complexity index is 790. The van der Waals surface area contributed by atoms with Gasteiger partial charge < -0.3 is 24.3 Å². The highest BCUT2D eigenvalue weighted by Gasteiger charge is 2.25. The van der Waals surface area contributed by atoms with E-state index in [0.717, 1.165) is 36.0 Å². The van der Waals surface area contributed by atoms with Crippen LogP contribution in [-0.2, 0) is 6.42 Å². The maximum atomic E-state index is 5.83. The largest absolute Gasteiger partial charge is 0.490 e. The van der Waals surface area contributed by atoms with Gasteiger partial charge in [0.15, 0.2) is 23.0 Å². The molecule has 2 aliphatic rings. The zero-order chi connectivity index (χ0) is 17.9. The zero-order valence-corrected chi connectivity index (χ0v) is 15.3. The Labute approximate surface area is 154 Å². The van der Waals surface area contributed by atoms with Crippen molar-refractivity contribution in [3.63, 3.8) is 0 Å². The van der Waals surface area contributed by atoms with E-state index in [1.807, 2.05) is 19.9 Å². The van der Waals surface area contributed by atoms with E-state index in [1.165, 1.54) is 16.7 Å². The lowest BCUT2D eigenvalue weighted by molar-refractivity contribution is 0.171. The molecule has 0 amide bonds. The summed E-state index contributed by atoms with van der Waals surface area (Å²) >= 11 is 0. The molecule has 2 aliphatic heterocycles. The fourth-order valence-electron chi connectivity index (χ4n) is 3.64. The lowest BCUT2D eigenvalue weighted by Gasteiger charge is -2.29. The molecule has 0 saturated heterocycles. The molecule has 0 bridgehead atoms. The van der Waals surface area contributed by atoms with Crippen molar-refractivity contribution >= 4 is 0 Å². The summed E-state index contributed by atoms with van der Waals surface area (Å²) in [5.41, 5.74) is 3.71. The van der Waals surface area contributed by atoms with Gasteiger partial charge in [0, 0.05) is 6.54 Å². The van der Waals surface area contributed by atoms with Crippen LogP contribution < -0.4 is 24.3 Å². The molecule has 0 saturated carbocycles. The lowest BCUT2D eigenvalue weighted by atomic mass is 9.89. The normalized spacial score (nSPS) is 18.2. The van der Waals surface area contributed by atoms with E-state index in [4.69, 9.17) is 18.9 Å². The van der Waals surface area contributed by atoms with Crippen molar-refractivity contribution in [3.05, 3.63) is 47.0 Å². The molecular formula is C21H25NO4. The van der Waals surface area contributed by atoms with Crippen molar-refractivity contribution < 1.29 is 18.9 Å². The number of fused-ring (bicyclic) bond motifs is 2. The van der Waals surface area contributed by atoms with Crippen molar-refractivity contribution in [3.8, 4) is 23.0 Å². The van der Waals surface area contributed by atoms with E-state index < -0.39 is 0 Å². The minimum absolute atomic E-state index is 0.101. The minimum atomic E-state index is 0.101. The van der Waals surface area contributed by atoms with Crippen LogP contribution in [0.1, 0.15) is 36.6 Å².